The van der Waals surface area contributed by atoms with Crippen LogP contribution >= 0.6 is 12.0 Å². The van der Waals surface area contributed by atoms with Crippen molar-refractivity contribution in [3.63, 3.8) is 0 Å². The molecule has 0 atom stereocenters. The molecule has 7 heteroatoms. The summed E-state index contributed by atoms with van der Waals surface area (Å²) >= 11 is 0.882. The molecule has 2 rings (SSSR count). The summed E-state index contributed by atoms with van der Waals surface area (Å²) in [6.07, 6.45) is 3.36. The molecule has 1 aromatic carbocycles. The summed E-state index contributed by atoms with van der Waals surface area (Å²) in [6.45, 7) is 4.21. The van der Waals surface area contributed by atoms with Gasteiger partial charge in [-0.2, -0.15) is 10.5 Å². The van der Waals surface area contributed by atoms with Gasteiger partial charge in [0.1, 0.15) is 17.7 Å². The van der Waals surface area contributed by atoms with E-state index in [2.05, 4.69) is 28.5 Å². The lowest BCUT2D eigenvalue weighted by Crippen LogP contribution is -2.21. The molecule has 124 valence electrons. The van der Waals surface area contributed by atoms with Crippen molar-refractivity contribution in [2.75, 3.05) is 5.32 Å². The van der Waals surface area contributed by atoms with E-state index in [1.165, 1.54) is 0 Å². The van der Waals surface area contributed by atoms with Gasteiger partial charge in [-0.05, 0) is 48.1 Å². The number of nitrogens with one attached hydrogen (secondary N) is 1. The first-order valence-electron chi connectivity index (χ1n) is 7.23. The van der Waals surface area contributed by atoms with E-state index in [0.717, 1.165) is 40.3 Å². The van der Waals surface area contributed by atoms with Gasteiger partial charge in [-0.1, -0.05) is 25.0 Å². The highest BCUT2D eigenvalue weighted by molar-refractivity contribution is 7.94. The average molecular weight is 343 g/mol. The van der Waals surface area contributed by atoms with Crippen LogP contribution in [0.2, 0.25) is 0 Å². The summed E-state index contributed by atoms with van der Waals surface area (Å²) in [5.74, 6) is 0. The van der Waals surface area contributed by atoms with Gasteiger partial charge in [0.2, 0.25) is 0 Å². The zero-order chi connectivity index (χ0) is 17.6. The minimum atomic E-state index is -0.0500. The largest absolute Gasteiger partial charge is 0.359 e. The molecule has 0 heterocycles. The minimum absolute atomic E-state index is 0.0500. The molecule has 0 radical (unpaired) electrons. The maximum atomic E-state index is 9.11. The van der Waals surface area contributed by atoms with Crippen LogP contribution in [0.25, 0.3) is 0 Å². The molecule has 0 aliphatic heterocycles. The lowest BCUT2D eigenvalue weighted by atomic mass is 9.76. The fourth-order valence-corrected chi connectivity index (χ4v) is 3.10. The monoisotopic (exact) mass is 343 g/mol. The van der Waals surface area contributed by atoms with Crippen molar-refractivity contribution in [2.45, 2.75) is 31.6 Å². The summed E-state index contributed by atoms with van der Waals surface area (Å²) in [5.41, 5.74) is 2.62. The van der Waals surface area contributed by atoms with E-state index >= 15 is 0 Å². The van der Waals surface area contributed by atoms with Crippen LogP contribution in [0.4, 0.5) is 5.69 Å². The normalized spacial score (nSPS) is 15.9. The second-order valence-electron chi connectivity index (χ2n) is 6.19. The second kappa shape index (κ2) is 8.00. The SMILES string of the molecule is CC1(C)CC(Nc2cccc(SOOO)c2)=CC(=C(C#N)C#N)C1. The van der Waals surface area contributed by atoms with Crippen LogP contribution in [0.3, 0.4) is 0 Å². The van der Waals surface area contributed by atoms with Crippen molar-refractivity contribution >= 4 is 17.7 Å². The summed E-state index contributed by atoms with van der Waals surface area (Å²) in [4.78, 5) is 0.746. The first-order valence-corrected chi connectivity index (χ1v) is 7.97. The van der Waals surface area contributed by atoms with Gasteiger partial charge in [0, 0.05) is 16.3 Å². The fourth-order valence-electron chi connectivity index (χ4n) is 2.68. The molecule has 0 spiro atoms. The first kappa shape index (κ1) is 18.1. The molecular weight excluding hydrogens is 326 g/mol. The molecule has 1 aromatic rings. The second-order valence-corrected chi connectivity index (χ2v) is 6.96. The fraction of sp³-hybridized carbons (Fsp3) is 0.294. The number of nitriles is 2. The van der Waals surface area contributed by atoms with Gasteiger partial charge in [0.15, 0.2) is 0 Å². The topological polar surface area (TPSA) is 98.3 Å². The van der Waals surface area contributed by atoms with Crippen molar-refractivity contribution in [3.05, 3.63) is 47.2 Å². The van der Waals surface area contributed by atoms with Gasteiger partial charge in [0.05, 0.1) is 12.0 Å². The third-order valence-electron chi connectivity index (χ3n) is 3.53. The third-order valence-corrected chi connectivity index (χ3v) is 4.11. The van der Waals surface area contributed by atoms with Crippen molar-refractivity contribution in [3.8, 4) is 12.1 Å². The Morgan fingerprint density at radius 3 is 2.71 bits per heavy atom. The Bertz CT molecular complexity index is 741. The predicted molar refractivity (Wildman–Crippen MR) is 90.1 cm³/mol. The Morgan fingerprint density at radius 2 is 2.04 bits per heavy atom. The van der Waals surface area contributed by atoms with Crippen LogP contribution in [0, 0.1) is 28.1 Å². The maximum Gasteiger partial charge on any atom is 0.132 e. The van der Waals surface area contributed by atoms with Crippen LogP contribution in [-0.2, 0) is 9.37 Å². The van der Waals surface area contributed by atoms with E-state index in [-0.39, 0.29) is 11.0 Å². The summed E-state index contributed by atoms with van der Waals surface area (Å²) < 4.78 is 4.43. The quantitative estimate of drug-likeness (QED) is 0.349. The lowest BCUT2D eigenvalue weighted by Gasteiger charge is -2.31. The molecule has 2 N–H and O–H groups in total. The molecular formula is C17H17N3O3S. The summed E-state index contributed by atoms with van der Waals surface area (Å²) in [5, 5.41) is 33.4. The van der Waals surface area contributed by atoms with Crippen LogP contribution in [0.1, 0.15) is 26.7 Å². The zero-order valence-corrected chi connectivity index (χ0v) is 14.2. The van der Waals surface area contributed by atoms with Crippen LogP contribution < -0.4 is 5.32 Å². The van der Waals surface area contributed by atoms with Crippen LogP contribution in [-0.4, -0.2) is 5.26 Å². The number of rotatable bonds is 5. The molecule has 0 saturated heterocycles. The van der Waals surface area contributed by atoms with Crippen molar-refractivity contribution in [1.82, 2.24) is 0 Å². The maximum absolute atomic E-state index is 9.11. The van der Waals surface area contributed by atoms with E-state index in [0.29, 0.717) is 6.42 Å². The molecule has 1 aliphatic rings. The van der Waals surface area contributed by atoms with E-state index in [4.69, 9.17) is 15.8 Å². The number of hydrogen-bond donors (Lipinski definition) is 2. The molecule has 24 heavy (non-hydrogen) atoms. The average Bonchev–Trinajstić information content (AvgIpc) is 2.53. The smallest absolute Gasteiger partial charge is 0.132 e. The molecule has 0 bridgehead atoms. The Balaban J connectivity index is 2.26. The van der Waals surface area contributed by atoms with E-state index < -0.39 is 0 Å². The molecule has 0 unspecified atom stereocenters. The Labute approximate surface area is 145 Å². The van der Waals surface area contributed by atoms with Crippen molar-refractivity contribution in [2.24, 2.45) is 5.41 Å². The van der Waals surface area contributed by atoms with Crippen molar-refractivity contribution in [1.29, 1.82) is 10.5 Å². The zero-order valence-electron chi connectivity index (χ0n) is 13.4. The molecule has 0 aromatic heterocycles. The highest BCUT2D eigenvalue weighted by Gasteiger charge is 2.27. The standard InChI is InChI=1S/C17H17N3O3S/c1-17(2)8-12(13(10-18)11-19)6-15(9-17)20-14-4-3-5-16(7-14)24-23-22-21/h3-7,20-21H,8-9H2,1-2H3. The molecule has 6 nitrogen and oxygen atoms in total. The molecule has 0 amide bonds. The predicted octanol–water partition coefficient (Wildman–Crippen LogP) is 4.57. The number of hydrogen-bond acceptors (Lipinski definition) is 7. The summed E-state index contributed by atoms with van der Waals surface area (Å²) in [7, 11) is 0. The Kier molecular flexibility index (Phi) is 6.02. The van der Waals surface area contributed by atoms with Gasteiger partial charge in [-0.15, -0.1) is 4.33 Å². The summed E-state index contributed by atoms with van der Waals surface area (Å²) in [6, 6.07) is 11.3. The van der Waals surface area contributed by atoms with E-state index in [1.54, 1.807) is 0 Å². The van der Waals surface area contributed by atoms with Crippen LogP contribution in [0.15, 0.2) is 52.1 Å². The van der Waals surface area contributed by atoms with Gasteiger partial charge >= 0.3 is 0 Å². The Hall–Kier alpha value is -2.29. The first-order chi connectivity index (χ1) is 11.5. The van der Waals surface area contributed by atoms with Crippen LogP contribution in [0.5, 0.6) is 0 Å². The third kappa shape index (κ3) is 4.85. The van der Waals surface area contributed by atoms with E-state index in [9.17, 15) is 0 Å². The molecule has 0 fully saturated rings. The minimum Gasteiger partial charge on any atom is -0.359 e. The number of anilines is 1. The highest BCUT2D eigenvalue weighted by Crippen LogP contribution is 2.39. The van der Waals surface area contributed by atoms with Gasteiger partial charge < -0.3 is 5.32 Å². The molecule has 1 aliphatic carbocycles. The number of nitrogens with zero attached hydrogens (tertiary/aromatic N) is 2. The molecule has 0 saturated carbocycles. The van der Waals surface area contributed by atoms with Crippen molar-refractivity contribution < 1.29 is 14.6 Å². The number of benzene rings is 1. The van der Waals surface area contributed by atoms with Gasteiger partial charge in [-0.25, -0.2) is 5.26 Å². The van der Waals surface area contributed by atoms with Gasteiger partial charge in [0.25, 0.3) is 0 Å². The Morgan fingerprint density at radius 1 is 1.29 bits per heavy atom. The lowest BCUT2D eigenvalue weighted by molar-refractivity contribution is -0.432. The highest BCUT2D eigenvalue weighted by atomic mass is 32.2. The number of allylic oxidation sites excluding steroid dienone is 4. The van der Waals surface area contributed by atoms with E-state index in [1.807, 2.05) is 42.5 Å². The van der Waals surface area contributed by atoms with Gasteiger partial charge in [-0.3, -0.25) is 0 Å².